The van der Waals surface area contributed by atoms with Crippen LogP contribution < -0.4 is 4.74 Å². The molecule has 0 heterocycles. The Bertz CT molecular complexity index is 661. The van der Waals surface area contributed by atoms with E-state index in [1.165, 1.54) is 12.1 Å². The number of benzene rings is 2. The van der Waals surface area contributed by atoms with Crippen molar-refractivity contribution in [2.75, 3.05) is 14.1 Å². The first-order chi connectivity index (χ1) is 10.4. The maximum atomic E-state index is 13.5. The summed E-state index contributed by atoms with van der Waals surface area (Å²) in [6.45, 7) is 2.08. The van der Waals surface area contributed by atoms with Crippen LogP contribution >= 0.6 is 23.2 Å². The Labute approximate surface area is 140 Å². The monoisotopic (exact) mass is 341 g/mol. The number of likely N-dealkylation sites (N-methyl/N-ethyl adjacent to an activating group) is 1. The predicted molar refractivity (Wildman–Crippen MR) is 89.8 cm³/mol. The highest BCUT2D eigenvalue weighted by molar-refractivity contribution is 6.42. The van der Waals surface area contributed by atoms with Gasteiger partial charge in [0.25, 0.3) is 0 Å². The summed E-state index contributed by atoms with van der Waals surface area (Å²) in [7, 11) is 3.98. The van der Waals surface area contributed by atoms with Crippen LogP contribution in [-0.4, -0.2) is 25.0 Å². The molecule has 0 amide bonds. The molecule has 0 N–H and O–H groups in total. The third-order valence-corrected chi connectivity index (χ3v) is 4.28. The maximum Gasteiger partial charge on any atom is 0.130 e. The molecule has 2 aromatic rings. The quantitative estimate of drug-likeness (QED) is 0.720. The zero-order valence-electron chi connectivity index (χ0n) is 12.7. The lowest BCUT2D eigenvalue weighted by atomic mass is 10.1. The number of hydrogen-bond acceptors (Lipinski definition) is 2. The Morgan fingerprint density at radius 3 is 2.45 bits per heavy atom. The van der Waals surface area contributed by atoms with Crippen LogP contribution in [0, 0.1) is 5.82 Å². The van der Waals surface area contributed by atoms with Crippen LogP contribution in [0.3, 0.4) is 0 Å². The molecule has 2 aromatic carbocycles. The van der Waals surface area contributed by atoms with Crippen molar-refractivity contribution in [3.05, 3.63) is 57.8 Å². The molecule has 0 fully saturated rings. The first kappa shape index (κ1) is 17.1. The van der Waals surface area contributed by atoms with E-state index in [9.17, 15) is 4.39 Å². The highest BCUT2D eigenvalue weighted by Gasteiger charge is 2.13. The molecule has 2 nitrogen and oxygen atoms in total. The van der Waals surface area contributed by atoms with Gasteiger partial charge in [0.15, 0.2) is 0 Å². The van der Waals surface area contributed by atoms with Gasteiger partial charge in [-0.15, -0.1) is 0 Å². The van der Waals surface area contributed by atoms with E-state index in [2.05, 4.69) is 11.8 Å². The third kappa shape index (κ3) is 4.35. The molecule has 5 heteroatoms. The van der Waals surface area contributed by atoms with E-state index < -0.39 is 0 Å². The summed E-state index contributed by atoms with van der Waals surface area (Å²) >= 11 is 11.9. The lowest BCUT2D eigenvalue weighted by Gasteiger charge is -2.21. The molecule has 0 bridgehead atoms. The zero-order chi connectivity index (χ0) is 16.3. The minimum atomic E-state index is -0.276. The lowest BCUT2D eigenvalue weighted by molar-refractivity contribution is 0.309. The van der Waals surface area contributed by atoms with Gasteiger partial charge >= 0.3 is 0 Å². The van der Waals surface area contributed by atoms with Crippen molar-refractivity contribution >= 4 is 23.2 Å². The van der Waals surface area contributed by atoms with Gasteiger partial charge in [0.05, 0.1) is 10.0 Å². The molecule has 1 unspecified atom stereocenters. The van der Waals surface area contributed by atoms with Gasteiger partial charge in [0.2, 0.25) is 0 Å². The largest absolute Gasteiger partial charge is 0.457 e. The molecule has 0 spiro atoms. The van der Waals surface area contributed by atoms with Gasteiger partial charge in [-0.05, 0) is 63.3 Å². The second kappa shape index (κ2) is 7.32. The van der Waals surface area contributed by atoms with E-state index in [4.69, 9.17) is 27.9 Å². The SMILES string of the molecule is CC(Cc1cc(F)ccc1Oc1ccc(Cl)c(Cl)c1)N(C)C. The number of rotatable bonds is 5. The number of hydrogen-bond donors (Lipinski definition) is 0. The van der Waals surface area contributed by atoms with Gasteiger partial charge in [0.1, 0.15) is 17.3 Å². The van der Waals surface area contributed by atoms with Crippen molar-refractivity contribution in [3.63, 3.8) is 0 Å². The van der Waals surface area contributed by atoms with Crippen molar-refractivity contribution in [2.24, 2.45) is 0 Å². The first-order valence-electron chi connectivity index (χ1n) is 6.94. The van der Waals surface area contributed by atoms with Crippen molar-refractivity contribution in [1.82, 2.24) is 4.90 Å². The molecule has 0 saturated carbocycles. The topological polar surface area (TPSA) is 12.5 Å². The van der Waals surface area contributed by atoms with Gasteiger partial charge < -0.3 is 9.64 Å². The molecule has 2 rings (SSSR count). The van der Waals surface area contributed by atoms with E-state index in [-0.39, 0.29) is 11.9 Å². The van der Waals surface area contributed by atoms with Crippen molar-refractivity contribution in [2.45, 2.75) is 19.4 Å². The Morgan fingerprint density at radius 1 is 1.09 bits per heavy atom. The number of nitrogens with zero attached hydrogens (tertiary/aromatic N) is 1. The van der Waals surface area contributed by atoms with Crippen LogP contribution in [-0.2, 0) is 6.42 Å². The van der Waals surface area contributed by atoms with Gasteiger partial charge in [-0.25, -0.2) is 4.39 Å². The summed E-state index contributed by atoms with van der Waals surface area (Å²) in [5.74, 6) is 0.913. The average molecular weight is 342 g/mol. The number of halogens is 3. The Hall–Kier alpha value is -1.29. The minimum absolute atomic E-state index is 0.262. The fourth-order valence-corrected chi connectivity index (χ4v) is 2.26. The van der Waals surface area contributed by atoms with Crippen LogP contribution in [0.5, 0.6) is 11.5 Å². The first-order valence-corrected chi connectivity index (χ1v) is 7.70. The molecular formula is C17H18Cl2FNO. The normalized spacial score (nSPS) is 12.5. The molecule has 22 heavy (non-hydrogen) atoms. The average Bonchev–Trinajstić information content (AvgIpc) is 2.45. The van der Waals surface area contributed by atoms with Crippen molar-refractivity contribution in [3.8, 4) is 11.5 Å². The van der Waals surface area contributed by atoms with Gasteiger partial charge in [-0.3, -0.25) is 0 Å². The summed E-state index contributed by atoms with van der Waals surface area (Å²) in [4.78, 5) is 2.08. The molecule has 0 aliphatic rings. The lowest BCUT2D eigenvalue weighted by Crippen LogP contribution is -2.26. The molecule has 118 valence electrons. The van der Waals surface area contributed by atoms with E-state index >= 15 is 0 Å². The summed E-state index contributed by atoms with van der Waals surface area (Å²) in [5, 5.41) is 0.888. The van der Waals surface area contributed by atoms with Crippen molar-refractivity contribution in [1.29, 1.82) is 0 Å². The van der Waals surface area contributed by atoms with E-state index in [1.54, 1.807) is 24.3 Å². The third-order valence-electron chi connectivity index (χ3n) is 3.54. The second-order valence-electron chi connectivity index (χ2n) is 5.45. The zero-order valence-corrected chi connectivity index (χ0v) is 14.2. The van der Waals surface area contributed by atoms with Gasteiger partial charge in [-0.2, -0.15) is 0 Å². The second-order valence-corrected chi connectivity index (χ2v) is 6.26. The predicted octanol–water partition coefficient (Wildman–Crippen LogP) is 5.42. The van der Waals surface area contributed by atoms with E-state index in [1.807, 2.05) is 14.1 Å². The van der Waals surface area contributed by atoms with Crippen LogP contribution in [0.1, 0.15) is 12.5 Å². The van der Waals surface area contributed by atoms with Crippen LogP contribution in [0.25, 0.3) is 0 Å². The van der Waals surface area contributed by atoms with E-state index in [0.717, 1.165) is 5.56 Å². The fraction of sp³-hybridized carbons (Fsp3) is 0.294. The highest BCUT2D eigenvalue weighted by Crippen LogP contribution is 2.31. The number of ether oxygens (including phenoxy) is 1. The molecule has 0 radical (unpaired) electrons. The smallest absolute Gasteiger partial charge is 0.130 e. The standard InChI is InChI=1S/C17H18Cl2FNO/c1-11(21(2)3)8-12-9-13(20)4-7-17(12)22-14-5-6-15(18)16(19)10-14/h4-7,9-11H,8H2,1-3H3. The Kier molecular flexibility index (Phi) is 5.68. The van der Waals surface area contributed by atoms with Crippen molar-refractivity contribution < 1.29 is 9.13 Å². The molecular weight excluding hydrogens is 324 g/mol. The summed E-state index contributed by atoms with van der Waals surface area (Å²) in [5.41, 5.74) is 0.812. The summed E-state index contributed by atoms with van der Waals surface area (Å²) < 4.78 is 19.4. The van der Waals surface area contributed by atoms with Gasteiger partial charge in [0, 0.05) is 12.1 Å². The van der Waals surface area contributed by atoms with Gasteiger partial charge in [-0.1, -0.05) is 23.2 Å². The Balaban J connectivity index is 2.28. The highest BCUT2D eigenvalue weighted by atomic mass is 35.5. The molecule has 0 aromatic heterocycles. The minimum Gasteiger partial charge on any atom is -0.457 e. The summed E-state index contributed by atoms with van der Waals surface area (Å²) in [6, 6.07) is 9.84. The van der Waals surface area contributed by atoms with E-state index in [0.29, 0.717) is 28.0 Å². The summed E-state index contributed by atoms with van der Waals surface area (Å²) in [6.07, 6.45) is 0.682. The molecule has 0 aliphatic heterocycles. The molecule has 1 atom stereocenters. The molecule has 0 saturated heterocycles. The van der Waals surface area contributed by atoms with Crippen LogP contribution in [0.2, 0.25) is 10.0 Å². The Morgan fingerprint density at radius 2 is 1.82 bits per heavy atom. The molecule has 0 aliphatic carbocycles. The van der Waals surface area contributed by atoms with Crippen LogP contribution in [0.15, 0.2) is 36.4 Å². The maximum absolute atomic E-state index is 13.5. The van der Waals surface area contributed by atoms with Crippen LogP contribution in [0.4, 0.5) is 4.39 Å². The fourth-order valence-electron chi connectivity index (χ4n) is 1.98.